The van der Waals surface area contributed by atoms with E-state index in [9.17, 15) is 8.42 Å². The van der Waals surface area contributed by atoms with E-state index in [0.717, 1.165) is 16.9 Å². The Morgan fingerprint density at radius 2 is 1.85 bits per heavy atom. The number of ether oxygens (including phenoxy) is 1. The Balaban J connectivity index is 1.46. The number of nitrogens with one attached hydrogen (secondary N) is 2. The molecule has 144 valence electrons. The molecule has 1 aliphatic rings. The summed E-state index contributed by atoms with van der Waals surface area (Å²) in [4.78, 5) is 4.17. The lowest BCUT2D eigenvalue weighted by Gasteiger charge is -2.16. The molecule has 1 heterocycles. The van der Waals surface area contributed by atoms with Gasteiger partial charge in [0, 0.05) is 19.6 Å². The Bertz CT molecular complexity index is 865. The SMILES string of the molecule is CN=C(NCc1ccc(OCc2ccccc2)cc1)NC1CCS(=O)(=O)C1. The lowest BCUT2D eigenvalue weighted by Crippen LogP contribution is -2.43. The van der Waals surface area contributed by atoms with Crippen LogP contribution in [0.4, 0.5) is 0 Å². The highest BCUT2D eigenvalue weighted by Crippen LogP contribution is 2.14. The van der Waals surface area contributed by atoms with Gasteiger partial charge in [0.05, 0.1) is 11.5 Å². The van der Waals surface area contributed by atoms with E-state index < -0.39 is 9.84 Å². The highest BCUT2D eigenvalue weighted by molar-refractivity contribution is 7.91. The molecule has 1 atom stereocenters. The summed E-state index contributed by atoms with van der Waals surface area (Å²) in [5.74, 6) is 1.84. The van der Waals surface area contributed by atoms with Gasteiger partial charge in [-0.05, 0) is 29.7 Å². The van der Waals surface area contributed by atoms with E-state index in [1.165, 1.54) is 0 Å². The average Bonchev–Trinajstić information content (AvgIpc) is 3.03. The van der Waals surface area contributed by atoms with Crippen molar-refractivity contribution in [2.75, 3.05) is 18.6 Å². The van der Waals surface area contributed by atoms with E-state index in [4.69, 9.17) is 4.74 Å². The summed E-state index contributed by atoms with van der Waals surface area (Å²) in [7, 11) is -1.23. The molecule has 1 aliphatic heterocycles. The number of hydrogen-bond donors (Lipinski definition) is 2. The molecule has 2 aromatic rings. The summed E-state index contributed by atoms with van der Waals surface area (Å²) in [5, 5.41) is 6.40. The minimum atomic E-state index is -2.91. The Labute approximate surface area is 160 Å². The van der Waals surface area contributed by atoms with E-state index >= 15 is 0 Å². The van der Waals surface area contributed by atoms with Crippen molar-refractivity contribution in [3.8, 4) is 5.75 Å². The largest absolute Gasteiger partial charge is 0.489 e. The monoisotopic (exact) mass is 387 g/mol. The lowest BCUT2D eigenvalue weighted by atomic mass is 10.2. The molecule has 0 radical (unpaired) electrons. The van der Waals surface area contributed by atoms with Gasteiger partial charge in [-0.2, -0.15) is 0 Å². The summed E-state index contributed by atoms with van der Waals surface area (Å²) < 4.78 is 28.9. The highest BCUT2D eigenvalue weighted by Gasteiger charge is 2.28. The van der Waals surface area contributed by atoms with Gasteiger partial charge in [0.15, 0.2) is 15.8 Å². The second kappa shape index (κ2) is 8.90. The number of nitrogens with zero attached hydrogens (tertiary/aromatic N) is 1. The smallest absolute Gasteiger partial charge is 0.191 e. The Morgan fingerprint density at radius 3 is 2.48 bits per heavy atom. The first-order valence-corrected chi connectivity index (χ1v) is 10.8. The van der Waals surface area contributed by atoms with Crippen LogP contribution in [-0.2, 0) is 23.0 Å². The molecule has 0 aromatic heterocycles. The van der Waals surface area contributed by atoms with Crippen LogP contribution in [0.5, 0.6) is 5.75 Å². The van der Waals surface area contributed by atoms with Gasteiger partial charge in [0.25, 0.3) is 0 Å². The van der Waals surface area contributed by atoms with Crippen molar-refractivity contribution in [2.45, 2.75) is 25.6 Å². The molecule has 0 spiro atoms. The maximum atomic E-state index is 11.6. The van der Waals surface area contributed by atoms with Crippen LogP contribution < -0.4 is 15.4 Å². The van der Waals surface area contributed by atoms with Gasteiger partial charge in [-0.1, -0.05) is 42.5 Å². The second-order valence-corrected chi connectivity index (χ2v) is 8.82. The molecule has 0 bridgehead atoms. The summed E-state index contributed by atoms with van der Waals surface area (Å²) in [5.41, 5.74) is 2.22. The second-order valence-electron chi connectivity index (χ2n) is 6.59. The van der Waals surface area contributed by atoms with Gasteiger partial charge in [-0.3, -0.25) is 4.99 Å². The zero-order chi connectivity index (χ0) is 19.1. The number of aliphatic imine (C=N–C) groups is 1. The minimum Gasteiger partial charge on any atom is -0.489 e. The molecule has 3 rings (SSSR count). The molecule has 2 aromatic carbocycles. The summed E-state index contributed by atoms with van der Waals surface area (Å²) in [6.07, 6.45) is 0.622. The molecule has 27 heavy (non-hydrogen) atoms. The first-order valence-electron chi connectivity index (χ1n) is 8.97. The number of sulfone groups is 1. The fourth-order valence-corrected chi connectivity index (χ4v) is 4.60. The summed E-state index contributed by atoms with van der Waals surface area (Å²) in [6.45, 7) is 1.14. The Morgan fingerprint density at radius 1 is 1.11 bits per heavy atom. The summed E-state index contributed by atoms with van der Waals surface area (Å²) in [6, 6.07) is 17.9. The number of hydrogen-bond acceptors (Lipinski definition) is 4. The fraction of sp³-hybridized carbons (Fsp3) is 0.350. The van der Waals surface area contributed by atoms with Gasteiger partial charge < -0.3 is 15.4 Å². The standard InChI is InChI=1S/C20H25N3O3S/c1-21-20(23-18-11-12-27(24,25)15-18)22-13-16-7-9-19(10-8-16)26-14-17-5-3-2-4-6-17/h2-10,18H,11-15H2,1H3,(H2,21,22,23). The zero-order valence-electron chi connectivity index (χ0n) is 15.4. The van der Waals surface area contributed by atoms with Crippen LogP contribution in [-0.4, -0.2) is 39.0 Å². The molecule has 0 saturated carbocycles. The molecule has 0 aliphatic carbocycles. The third-order valence-electron chi connectivity index (χ3n) is 4.43. The Hall–Kier alpha value is -2.54. The van der Waals surface area contributed by atoms with E-state index in [2.05, 4.69) is 15.6 Å². The van der Waals surface area contributed by atoms with Gasteiger partial charge in [0.1, 0.15) is 12.4 Å². The first-order chi connectivity index (χ1) is 13.0. The van der Waals surface area contributed by atoms with E-state index in [1.54, 1.807) is 7.05 Å². The van der Waals surface area contributed by atoms with Crippen LogP contribution in [0.25, 0.3) is 0 Å². The number of rotatable bonds is 6. The maximum Gasteiger partial charge on any atom is 0.191 e. The van der Waals surface area contributed by atoms with Gasteiger partial charge >= 0.3 is 0 Å². The van der Waals surface area contributed by atoms with Gasteiger partial charge in [-0.15, -0.1) is 0 Å². The topological polar surface area (TPSA) is 79.8 Å². The van der Waals surface area contributed by atoms with E-state index in [1.807, 2.05) is 54.6 Å². The third kappa shape index (κ3) is 5.99. The molecule has 0 amide bonds. The van der Waals surface area contributed by atoms with E-state index in [0.29, 0.717) is 25.5 Å². The lowest BCUT2D eigenvalue weighted by molar-refractivity contribution is 0.306. The molecular weight excluding hydrogens is 362 g/mol. The minimum absolute atomic E-state index is 0.0741. The van der Waals surface area contributed by atoms with Crippen molar-refractivity contribution in [1.29, 1.82) is 0 Å². The predicted molar refractivity (Wildman–Crippen MR) is 108 cm³/mol. The molecule has 6 nitrogen and oxygen atoms in total. The number of benzene rings is 2. The van der Waals surface area contributed by atoms with Crippen molar-refractivity contribution in [2.24, 2.45) is 4.99 Å². The highest BCUT2D eigenvalue weighted by atomic mass is 32.2. The van der Waals surface area contributed by atoms with Crippen LogP contribution in [0, 0.1) is 0 Å². The van der Waals surface area contributed by atoms with Crippen molar-refractivity contribution < 1.29 is 13.2 Å². The molecule has 1 unspecified atom stereocenters. The molecule has 2 N–H and O–H groups in total. The molecule has 1 saturated heterocycles. The molecular formula is C20H25N3O3S. The molecule has 1 fully saturated rings. The maximum absolute atomic E-state index is 11.6. The van der Waals surface area contributed by atoms with Crippen molar-refractivity contribution in [3.05, 3.63) is 65.7 Å². The first kappa shape index (κ1) is 19.2. The fourth-order valence-electron chi connectivity index (χ4n) is 2.93. The number of guanidine groups is 1. The van der Waals surface area contributed by atoms with Crippen molar-refractivity contribution in [1.82, 2.24) is 10.6 Å². The Kier molecular flexibility index (Phi) is 6.34. The predicted octanol–water partition coefficient (Wildman–Crippen LogP) is 2.12. The van der Waals surface area contributed by atoms with Crippen molar-refractivity contribution >= 4 is 15.8 Å². The van der Waals surface area contributed by atoms with Gasteiger partial charge in [-0.25, -0.2) is 8.42 Å². The van der Waals surface area contributed by atoms with Crippen LogP contribution in [0.2, 0.25) is 0 Å². The van der Waals surface area contributed by atoms with Gasteiger partial charge in [0.2, 0.25) is 0 Å². The third-order valence-corrected chi connectivity index (χ3v) is 6.20. The quantitative estimate of drug-likeness (QED) is 0.586. The van der Waals surface area contributed by atoms with Crippen LogP contribution in [0.3, 0.4) is 0 Å². The normalized spacial score (nSPS) is 18.9. The van der Waals surface area contributed by atoms with Crippen LogP contribution >= 0.6 is 0 Å². The van der Waals surface area contributed by atoms with Crippen LogP contribution in [0.15, 0.2) is 59.6 Å². The van der Waals surface area contributed by atoms with E-state index in [-0.39, 0.29) is 17.5 Å². The zero-order valence-corrected chi connectivity index (χ0v) is 16.2. The van der Waals surface area contributed by atoms with Crippen LogP contribution in [0.1, 0.15) is 17.5 Å². The molecule has 7 heteroatoms. The van der Waals surface area contributed by atoms with Crippen molar-refractivity contribution in [3.63, 3.8) is 0 Å². The summed E-state index contributed by atoms with van der Waals surface area (Å²) >= 11 is 0. The average molecular weight is 388 g/mol.